The highest BCUT2D eigenvalue weighted by atomic mass is 79.9. The van der Waals surface area contributed by atoms with Gasteiger partial charge in [0.25, 0.3) is 11.8 Å². The molecule has 0 fully saturated rings. The number of hydrogen-bond donors (Lipinski definition) is 2. The van der Waals surface area contributed by atoms with E-state index < -0.39 is 18.0 Å². The first-order valence-corrected chi connectivity index (χ1v) is 14.0. The van der Waals surface area contributed by atoms with Gasteiger partial charge in [-0.3, -0.25) is 14.4 Å². The van der Waals surface area contributed by atoms with Crippen molar-refractivity contribution in [3.05, 3.63) is 88.3 Å². The minimum Gasteiger partial charge on any atom is -0.496 e. The van der Waals surface area contributed by atoms with Gasteiger partial charge in [-0.1, -0.05) is 40.2 Å². The molecule has 0 aliphatic carbocycles. The Morgan fingerprint density at radius 2 is 1.83 bits per heavy atom. The summed E-state index contributed by atoms with van der Waals surface area (Å²) in [4.78, 5) is 44.2. The van der Waals surface area contributed by atoms with Crippen LogP contribution in [0.15, 0.2) is 75.6 Å². The van der Waals surface area contributed by atoms with Crippen LogP contribution in [0.25, 0.3) is 10.8 Å². The van der Waals surface area contributed by atoms with Crippen molar-refractivity contribution in [1.82, 2.24) is 10.6 Å². The predicted octanol–water partition coefficient (Wildman–Crippen LogP) is 5.22. The fourth-order valence-electron chi connectivity index (χ4n) is 5.02. The van der Waals surface area contributed by atoms with E-state index in [1.54, 1.807) is 57.2 Å². The highest BCUT2D eigenvalue weighted by Gasteiger charge is 2.38. The van der Waals surface area contributed by atoms with Gasteiger partial charge in [0.2, 0.25) is 5.91 Å². The summed E-state index contributed by atoms with van der Waals surface area (Å²) in [7, 11) is 3.26. The number of amides is 3. The third-order valence-corrected chi connectivity index (χ3v) is 7.81. The Morgan fingerprint density at radius 3 is 2.50 bits per heavy atom. The second kappa shape index (κ2) is 13.0. The van der Waals surface area contributed by atoms with Gasteiger partial charge in [-0.15, -0.1) is 12.4 Å². The summed E-state index contributed by atoms with van der Waals surface area (Å²) in [5.74, 6) is 0.248. The topological polar surface area (TPSA) is 104 Å². The molecular weight excluding hydrogens is 624 g/mol. The van der Waals surface area contributed by atoms with Gasteiger partial charge in [0.15, 0.2) is 5.76 Å². The maximum atomic E-state index is 14.3. The van der Waals surface area contributed by atoms with E-state index in [0.717, 1.165) is 20.8 Å². The zero-order chi connectivity index (χ0) is 29.3. The molecule has 9 nitrogen and oxygen atoms in total. The smallest absolute Gasteiger partial charge is 0.294 e. The molecule has 0 bridgehead atoms. The highest BCUT2D eigenvalue weighted by Crippen LogP contribution is 2.38. The molecule has 42 heavy (non-hydrogen) atoms. The van der Waals surface area contributed by atoms with Crippen molar-refractivity contribution >= 4 is 68.2 Å². The number of furan rings is 1. The number of benzene rings is 3. The highest BCUT2D eigenvalue weighted by molar-refractivity contribution is 9.10. The van der Waals surface area contributed by atoms with E-state index in [-0.39, 0.29) is 43.1 Å². The Hall–Kier alpha value is -3.86. The van der Waals surface area contributed by atoms with E-state index in [4.69, 9.17) is 9.15 Å². The molecule has 2 atom stereocenters. The van der Waals surface area contributed by atoms with Crippen LogP contribution in [0.1, 0.15) is 28.8 Å². The molecule has 0 spiro atoms. The minimum atomic E-state index is -1.03. The number of para-hydroxylation sites is 2. The molecule has 2 N–H and O–H groups in total. The van der Waals surface area contributed by atoms with Gasteiger partial charge in [-0.25, -0.2) is 0 Å². The number of anilines is 2. The molecule has 1 aliphatic rings. The third-order valence-electron chi connectivity index (χ3n) is 7.32. The lowest BCUT2D eigenvalue weighted by Crippen LogP contribution is -2.55. The predicted molar refractivity (Wildman–Crippen MR) is 169 cm³/mol. The van der Waals surface area contributed by atoms with E-state index in [1.807, 2.05) is 42.5 Å². The van der Waals surface area contributed by atoms with E-state index in [1.165, 1.54) is 4.90 Å². The molecule has 1 aromatic heterocycles. The average Bonchev–Trinajstić information content (AvgIpc) is 3.38. The number of carbonyl (C=O) groups is 3. The lowest BCUT2D eigenvalue weighted by Gasteiger charge is -2.27. The normalized spacial score (nSPS) is 15.5. The molecular formula is C31H32BrClN4O5. The number of halogens is 2. The van der Waals surface area contributed by atoms with E-state index >= 15 is 0 Å². The first-order chi connectivity index (χ1) is 19.7. The average molecular weight is 656 g/mol. The van der Waals surface area contributed by atoms with Crippen molar-refractivity contribution in [2.24, 2.45) is 0 Å². The van der Waals surface area contributed by atoms with E-state index in [0.29, 0.717) is 22.9 Å². The summed E-state index contributed by atoms with van der Waals surface area (Å²) >= 11 is 3.54. The molecule has 2 unspecified atom stereocenters. The molecule has 3 amide bonds. The SMILES string of the molecule is CNC(C)C(=O)NC1CN(C(=O)c2ccc(C)o2)c2ccccc2N(Cc2c(OC)ccc3cc(Br)ccc23)C1=O.Cl. The van der Waals surface area contributed by atoms with Crippen LogP contribution in [0, 0.1) is 6.92 Å². The number of nitrogens with one attached hydrogen (secondary N) is 2. The Morgan fingerprint density at radius 1 is 1.10 bits per heavy atom. The summed E-state index contributed by atoms with van der Waals surface area (Å²) in [5.41, 5.74) is 1.86. The second-order valence-corrected chi connectivity index (χ2v) is 10.8. The standard InChI is InChI=1S/C31H31BrN4O5.ClH/c1-18-9-13-28(41-18)31(39)36-17-24(34-29(37)19(2)33-3)30(38)35(25-7-5-6-8-26(25)36)16-23-22-12-11-21(32)15-20(22)10-14-27(23)40-4;/h5-15,19,24,33H,16-17H2,1-4H3,(H,34,37);1H. The number of methoxy groups -OCH3 is 1. The monoisotopic (exact) mass is 654 g/mol. The molecule has 11 heteroatoms. The third kappa shape index (κ3) is 6.01. The molecule has 2 heterocycles. The van der Waals surface area contributed by atoms with Crippen LogP contribution >= 0.6 is 28.3 Å². The lowest BCUT2D eigenvalue weighted by atomic mass is 10.0. The van der Waals surface area contributed by atoms with Crippen molar-refractivity contribution in [3.63, 3.8) is 0 Å². The second-order valence-electron chi connectivity index (χ2n) is 9.92. The molecule has 5 rings (SSSR count). The Labute approximate surface area is 258 Å². The van der Waals surface area contributed by atoms with Crippen molar-refractivity contribution in [2.75, 3.05) is 30.5 Å². The Kier molecular flexibility index (Phi) is 9.60. The van der Waals surface area contributed by atoms with Crippen molar-refractivity contribution < 1.29 is 23.5 Å². The van der Waals surface area contributed by atoms with Gasteiger partial charge in [-0.2, -0.15) is 0 Å². The quantitative estimate of drug-likeness (QED) is 0.283. The van der Waals surface area contributed by atoms with Gasteiger partial charge in [0, 0.05) is 10.0 Å². The molecule has 220 valence electrons. The zero-order valence-electron chi connectivity index (χ0n) is 23.6. The largest absolute Gasteiger partial charge is 0.496 e. The van der Waals surface area contributed by atoms with Crippen LogP contribution in [0.2, 0.25) is 0 Å². The van der Waals surface area contributed by atoms with Crippen LogP contribution in [0.4, 0.5) is 11.4 Å². The Bertz CT molecular complexity index is 1640. The van der Waals surface area contributed by atoms with Gasteiger partial charge < -0.3 is 29.6 Å². The van der Waals surface area contributed by atoms with Gasteiger partial charge in [-0.05, 0) is 74.1 Å². The van der Waals surface area contributed by atoms with E-state index in [2.05, 4.69) is 26.6 Å². The van der Waals surface area contributed by atoms with Crippen molar-refractivity contribution in [3.8, 4) is 5.75 Å². The summed E-state index contributed by atoms with van der Waals surface area (Å²) in [5, 5.41) is 7.67. The number of aryl methyl sites for hydroxylation is 1. The first-order valence-electron chi connectivity index (χ1n) is 13.2. The van der Waals surface area contributed by atoms with Gasteiger partial charge in [0.1, 0.15) is 17.6 Å². The number of hydrogen-bond acceptors (Lipinski definition) is 6. The number of rotatable bonds is 7. The fourth-order valence-corrected chi connectivity index (χ4v) is 5.40. The van der Waals surface area contributed by atoms with Gasteiger partial charge >= 0.3 is 0 Å². The van der Waals surface area contributed by atoms with Gasteiger partial charge in [0.05, 0.1) is 37.6 Å². The lowest BCUT2D eigenvalue weighted by molar-refractivity contribution is -0.128. The van der Waals surface area contributed by atoms with Crippen LogP contribution in [0.3, 0.4) is 0 Å². The van der Waals surface area contributed by atoms with E-state index in [9.17, 15) is 14.4 Å². The zero-order valence-corrected chi connectivity index (χ0v) is 26.0. The number of carbonyl (C=O) groups excluding carboxylic acids is 3. The van der Waals surface area contributed by atoms with Crippen LogP contribution in [0.5, 0.6) is 5.75 Å². The summed E-state index contributed by atoms with van der Waals surface area (Å²) in [6.07, 6.45) is 0. The summed E-state index contributed by atoms with van der Waals surface area (Å²) in [6, 6.07) is 18.7. The molecule has 1 aliphatic heterocycles. The van der Waals surface area contributed by atoms with Crippen molar-refractivity contribution in [1.29, 1.82) is 0 Å². The summed E-state index contributed by atoms with van der Waals surface area (Å²) in [6.45, 7) is 3.54. The maximum absolute atomic E-state index is 14.3. The Balaban J connectivity index is 0.00000405. The summed E-state index contributed by atoms with van der Waals surface area (Å²) < 4.78 is 12.3. The number of nitrogens with zero attached hydrogens (tertiary/aromatic N) is 2. The van der Waals surface area contributed by atoms with Crippen LogP contribution < -0.4 is 25.2 Å². The molecule has 4 aromatic rings. The van der Waals surface area contributed by atoms with Crippen LogP contribution in [-0.2, 0) is 16.1 Å². The van der Waals surface area contributed by atoms with Crippen LogP contribution in [-0.4, -0.2) is 50.5 Å². The van der Waals surface area contributed by atoms with Crippen molar-refractivity contribution in [2.45, 2.75) is 32.5 Å². The first kappa shape index (κ1) is 31.1. The number of fused-ring (bicyclic) bond motifs is 2. The molecule has 0 saturated heterocycles. The molecule has 0 saturated carbocycles. The number of ether oxygens (including phenoxy) is 1. The fraction of sp³-hybridized carbons (Fsp3) is 0.258. The molecule has 0 radical (unpaired) electrons. The number of likely N-dealkylation sites (N-methyl/N-ethyl adjacent to an activating group) is 1. The minimum absolute atomic E-state index is 0. The maximum Gasteiger partial charge on any atom is 0.294 e. The molecule has 3 aromatic carbocycles.